The van der Waals surface area contributed by atoms with E-state index >= 15 is 0 Å². The molecule has 0 saturated heterocycles. The highest BCUT2D eigenvalue weighted by Gasteiger charge is 2.24. The summed E-state index contributed by atoms with van der Waals surface area (Å²) in [7, 11) is 0. The monoisotopic (exact) mass is 1660 g/mol. The van der Waals surface area contributed by atoms with E-state index in [1.54, 1.807) is 0 Å². The predicted octanol–water partition coefficient (Wildman–Crippen LogP) is 37.0. The van der Waals surface area contributed by atoms with Gasteiger partial charge >= 0.3 is 0 Å². The molecule has 0 saturated carbocycles. The van der Waals surface area contributed by atoms with Gasteiger partial charge in [-0.1, -0.05) is 448 Å². The maximum atomic E-state index is 2.45. The Morgan fingerprint density at radius 2 is 0.275 bits per heavy atom. The van der Waals surface area contributed by atoms with Gasteiger partial charge in [-0.25, -0.2) is 0 Å². The number of rotatable bonds is 11. The molecule has 0 amide bonds. The van der Waals surface area contributed by atoms with Crippen LogP contribution in [0.3, 0.4) is 0 Å². The van der Waals surface area contributed by atoms with Gasteiger partial charge in [0.2, 0.25) is 0 Å². The highest BCUT2D eigenvalue weighted by atomic mass is 14.3. The lowest BCUT2D eigenvalue weighted by molar-refractivity contribution is 1.32. The zero-order chi connectivity index (χ0) is 87.4. The third-order valence-electron chi connectivity index (χ3n) is 26.9. The van der Waals surface area contributed by atoms with Crippen molar-refractivity contribution in [2.24, 2.45) is 0 Å². The van der Waals surface area contributed by atoms with Gasteiger partial charge in [0.1, 0.15) is 0 Å². The first kappa shape index (κ1) is 79.0. The van der Waals surface area contributed by atoms with Crippen LogP contribution in [0.1, 0.15) is 16.7 Å². The molecule has 0 fully saturated rings. The van der Waals surface area contributed by atoms with Gasteiger partial charge in [-0.2, -0.15) is 0 Å². The van der Waals surface area contributed by atoms with E-state index in [1.807, 2.05) is 0 Å². The molecule has 0 unspecified atom stereocenters. The van der Waals surface area contributed by atoms with Crippen LogP contribution in [0.15, 0.2) is 491 Å². The normalized spacial score (nSPS) is 11.5. The minimum atomic E-state index is 1.22. The quantitative estimate of drug-likeness (QED) is 0.113. The minimum absolute atomic E-state index is 1.22. The molecule has 0 bridgehead atoms. The molecule has 25 rings (SSSR count). The number of fused-ring (bicyclic) bond motifs is 11. The van der Waals surface area contributed by atoms with Gasteiger partial charge in [0, 0.05) is 0 Å². The maximum Gasteiger partial charge on any atom is -0.00259 e. The summed E-state index contributed by atoms with van der Waals surface area (Å²) in [5, 5.41) is 27.9. The minimum Gasteiger partial charge on any atom is -0.0622 e. The fourth-order valence-corrected chi connectivity index (χ4v) is 20.8. The van der Waals surface area contributed by atoms with Gasteiger partial charge in [-0.3, -0.25) is 0 Å². The van der Waals surface area contributed by atoms with Crippen molar-refractivity contribution >= 4 is 118 Å². The second kappa shape index (κ2) is 33.9. The summed E-state index contributed by atoms with van der Waals surface area (Å²) >= 11 is 0. The molecule has 0 N–H and O–H groups in total. The Balaban J connectivity index is 0.000000112. The van der Waals surface area contributed by atoms with E-state index < -0.39 is 0 Å². The third kappa shape index (κ3) is 14.9. The summed E-state index contributed by atoms with van der Waals surface area (Å²) in [5.41, 5.74) is 31.5. The van der Waals surface area contributed by atoms with E-state index in [-0.39, 0.29) is 0 Å². The Morgan fingerprint density at radius 1 is 0.0992 bits per heavy atom. The largest absolute Gasteiger partial charge is 0.0622 e. The van der Waals surface area contributed by atoms with Gasteiger partial charge in [0.15, 0.2) is 0 Å². The van der Waals surface area contributed by atoms with Gasteiger partial charge in [0.05, 0.1) is 0 Å². The molecule has 0 atom stereocenters. The van der Waals surface area contributed by atoms with Crippen molar-refractivity contribution < 1.29 is 0 Å². The summed E-state index contributed by atoms with van der Waals surface area (Å²) < 4.78 is 0. The summed E-state index contributed by atoms with van der Waals surface area (Å²) in [6, 6.07) is 180. The Morgan fingerprint density at radius 3 is 0.588 bits per heavy atom. The zero-order valence-corrected chi connectivity index (χ0v) is 73.3. The lowest BCUT2D eigenvalue weighted by Gasteiger charge is -2.20. The molecule has 0 aromatic heterocycles. The molecule has 131 heavy (non-hydrogen) atoms. The van der Waals surface area contributed by atoms with Crippen LogP contribution in [0.25, 0.3) is 241 Å². The number of benzene rings is 25. The van der Waals surface area contributed by atoms with Crippen molar-refractivity contribution in [3.63, 3.8) is 0 Å². The lowest BCUT2D eigenvalue weighted by atomic mass is 9.83. The molecule has 0 aliphatic rings. The average Bonchev–Trinajstić information content (AvgIpc) is 0.734. The molecule has 25 aromatic carbocycles. The van der Waals surface area contributed by atoms with E-state index in [1.165, 1.54) is 258 Å². The smallest absolute Gasteiger partial charge is 0.00259 e. The molecule has 0 heterocycles. The topological polar surface area (TPSA) is 0 Å². The fraction of sp³-hybridized carbons (Fsp3) is 0.0229. The zero-order valence-electron chi connectivity index (χ0n) is 73.3. The van der Waals surface area contributed by atoms with Crippen LogP contribution in [-0.2, 0) is 0 Å². The summed E-state index contributed by atoms with van der Waals surface area (Å²) in [4.78, 5) is 0. The molecular weight excluding hydrogens is 1570 g/mol. The maximum absolute atomic E-state index is 2.45. The number of hydrogen-bond donors (Lipinski definition) is 0. The van der Waals surface area contributed by atoms with E-state index in [9.17, 15) is 0 Å². The summed E-state index contributed by atoms with van der Waals surface area (Å²) in [6.45, 7) is 6.67. The van der Waals surface area contributed by atoms with Crippen LogP contribution in [0.2, 0.25) is 0 Å². The summed E-state index contributed by atoms with van der Waals surface area (Å²) in [5.74, 6) is 0. The molecule has 0 radical (unpaired) electrons. The second-order valence-corrected chi connectivity index (χ2v) is 35.0. The first-order valence-electron chi connectivity index (χ1n) is 45.6. The Hall–Kier alpha value is -16.6. The molecule has 0 spiro atoms. The first-order valence-corrected chi connectivity index (χ1v) is 45.6. The molecule has 25 aromatic rings. The first-order chi connectivity index (χ1) is 64.7. The van der Waals surface area contributed by atoms with Gasteiger partial charge in [-0.15, -0.1) is 0 Å². The van der Waals surface area contributed by atoms with Gasteiger partial charge < -0.3 is 0 Å². The Bertz CT molecular complexity index is 8740. The molecule has 0 aliphatic heterocycles. The van der Waals surface area contributed by atoms with Crippen molar-refractivity contribution in [2.75, 3.05) is 0 Å². The molecule has 614 valence electrons. The van der Waals surface area contributed by atoms with E-state index in [0.29, 0.717) is 0 Å². The Labute approximate surface area is 764 Å². The van der Waals surface area contributed by atoms with E-state index in [2.05, 4.69) is 512 Å². The van der Waals surface area contributed by atoms with Crippen molar-refractivity contribution in [3.05, 3.63) is 508 Å². The standard InChI is InChI=1S/C46H30.C43H32.C42H28/c1-2-10-31(11-3-1)34-18-22-35(23-19-34)45-41-16-8-9-17-42(41)46(40-25-21-33-13-5-7-15-37(33)29-40)44-30-39(26-27-43(44)45)38-24-20-32-12-4-6-14-36(32)28-38;1-27-22-28(2)41(29(3)23-27)36-20-21-39-40(26-36)43(35-19-17-31-11-5-7-13-33(31)25-35)38-15-9-8-14-37(38)42(39)34-18-16-30-10-4-6-12-32(30)24-34;1-3-11-29(12-4-1)32-19-22-33(23-20-32)41-37-17-9-10-18-38(37)42(36-24-21-31-15-7-8-16-34(31)27-36)40-28-35(25-26-39(40)41)30-13-5-2-6-14-30/h1-30H;4-26H,1-3H3;1-28H. The van der Waals surface area contributed by atoms with Crippen molar-refractivity contribution in [1.29, 1.82) is 0 Å². The van der Waals surface area contributed by atoms with Crippen LogP contribution in [0, 0.1) is 20.8 Å². The van der Waals surface area contributed by atoms with E-state index in [4.69, 9.17) is 0 Å². The van der Waals surface area contributed by atoms with Gasteiger partial charge in [-0.05, 0) is 321 Å². The highest BCUT2D eigenvalue weighted by Crippen LogP contribution is 2.51. The fourth-order valence-electron chi connectivity index (χ4n) is 20.8. The number of aryl methyl sites for hydroxylation is 3. The second-order valence-electron chi connectivity index (χ2n) is 35.0. The molecular formula is C131H90. The molecule has 0 nitrogen and oxygen atoms in total. The molecule has 0 heteroatoms. The van der Waals surface area contributed by atoms with Crippen molar-refractivity contribution in [2.45, 2.75) is 20.8 Å². The average molecular weight is 1660 g/mol. The van der Waals surface area contributed by atoms with Crippen LogP contribution < -0.4 is 0 Å². The third-order valence-corrected chi connectivity index (χ3v) is 26.9. The van der Waals surface area contributed by atoms with Crippen molar-refractivity contribution in [3.8, 4) is 122 Å². The van der Waals surface area contributed by atoms with Crippen LogP contribution in [-0.4, -0.2) is 0 Å². The molecule has 0 aliphatic carbocycles. The van der Waals surface area contributed by atoms with Gasteiger partial charge in [0.25, 0.3) is 0 Å². The predicted molar refractivity (Wildman–Crippen MR) is 566 cm³/mol. The van der Waals surface area contributed by atoms with Crippen LogP contribution >= 0.6 is 0 Å². The number of hydrogen-bond acceptors (Lipinski definition) is 0. The Kier molecular flexibility index (Phi) is 20.5. The summed E-state index contributed by atoms with van der Waals surface area (Å²) in [6.07, 6.45) is 0. The SMILES string of the molecule is Cc1cc(C)c(-c2ccc3c(-c4ccc5ccccc5c4)c4ccccc4c(-c4ccc5ccccc5c4)c3c2)c(C)c1.c1ccc(-c2ccc(-c3c4ccccc4c(-c4ccc5ccccc5c4)c4cc(-c5ccc6ccccc6c5)ccc34)cc2)cc1.c1ccc(-c2ccc(-c3c4ccccc4c(-c4ccc5ccccc5c4)c4cc(-c5ccccc5)ccc34)cc2)cc1. The lowest BCUT2D eigenvalue weighted by Crippen LogP contribution is -1.94. The van der Waals surface area contributed by atoms with Crippen molar-refractivity contribution in [1.82, 2.24) is 0 Å². The van der Waals surface area contributed by atoms with E-state index in [0.717, 1.165) is 0 Å². The highest BCUT2D eigenvalue weighted by molar-refractivity contribution is 6.26. The van der Waals surface area contributed by atoms with Crippen LogP contribution in [0.5, 0.6) is 0 Å². The van der Waals surface area contributed by atoms with Crippen LogP contribution in [0.4, 0.5) is 0 Å².